The van der Waals surface area contributed by atoms with E-state index in [0.29, 0.717) is 19.7 Å². The van der Waals surface area contributed by atoms with Gasteiger partial charge in [0.15, 0.2) is 0 Å². The van der Waals surface area contributed by atoms with Crippen molar-refractivity contribution in [1.29, 1.82) is 0 Å². The van der Waals surface area contributed by atoms with E-state index in [4.69, 9.17) is 14.6 Å². The first kappa shape index (κ1) is 22.4. The van der Waals surface area contributed by atoms with Crippen LogP contribution in [0, 0.1) is 0 Å². The first-order valence-corrected chi connectivity index (χ1v) is 9.22. The summed E-state index contributed by atoms with van der Waals surface area (Å²) in [6.07, 6.45) is 11.4. The number of methoxy groups -OCH3 is 1. The quantitative estimate of drug-likeness (QED) is 0.291. The fraction of sp³-hybridized carbons (Fsp3) is 0.944. The Balaban J connectivity index is 3.66. The summed E-state index contributed by atoms with van der Waals surface area (Å²) in [5, 5.41) is 8.93. The monoisotopic (exact) mass is 331 g/mol. The van der Waals surface area contributed by atoms with Crippen LogP contribution in [-0.4, -0.2) is 63.0 Å². The normalized spacial score (nSPS) is 11.1. The van der Waals surface area contributed by atoms with Crippen LogP contribution < -0.4 is 0 Å². The molecule has 5 nitrogen and oxygen atoms in total. The Kier molecular flexibility index (Phi) is 18.8. The van der Waals surface area contributed by atoms with Crippen molar-refractivity contribution in [1.82, 2.24) is 4.90 Å². The number of carbonyl (C=O) groups excluding carboxylic acids is 1. The van der Waals surface area contributed by atoms with Gasteiger partial charge in [-0.05, 0) is 58.2 Å². The Morgan fingerprint density at radius 2 is 1.30 bits per heavy atom. The lowest BCUT2D eigenvalue weighted by Gasteiger charge is -2.22. The van der Waals surface area contributed by atoms with Crippen LogP contribution in [-0.2, 0) is 14.3 Å². The Hall–Kier alpha value is -0.650. The van der Waals surface area contributed by atoms with Crippen LogP contribution >= 0.6 is 0 Å². The highest BCUT2D eigenvalue weighted by molar-refractivity contribution is 5.36. The molecule has 0 spiro atoms. The molecule has 0 unspecified atom stereocenters. The molecule has 0 rings (SSSR count). The molecule has 23 heavy (non-hydrogen) atoms. The largest absolute Gasteiger partial charge is 0.468 e. The van der Waals surface area contributed by atoms with Gasteiger partial charge >= 0.3 is 0 Å². The van der Waals surface area contributed by atoms with Crippen molar-refractivity contribution >= 4 is 6.47 Å². The minimum Gasteiger partial charge on any atom is -0.468 e. The zero-order chi connectivity index (χ0) is 17.0. The summed E-state index contributed by atoms with van der Waals surface area (Å²) in [5.74, 6) is 0. The molecule has 0 bridgehead atoms. The van der Waals surface area contributed by atoms with Crippen molar-refractivity contribution in [2.75, 3.05) is 46.6 Å². The molecule has 0 saturated heterocycles. The number of hydrogen-bond acceptors (Lipinski definition) is 5. The standard InChI is InChI=1S/C18H37NO4/c1-22-16-10-4-2-6-12-19(14-8-9-15-20)13-7-3-5-11-17-23-18-21/h18,20H,2-17H2,1H3. The number of ether oxygens (including phenoxy) is 2. The van der Waals surface area contributed by atoms with E-state index >= 15 is 0 Å². The second kappa shape index (κ2) is 19.4. The van der Waals surface area contributed by atoms with Gasteiger partial charge in [-0.3, -0.25) is 4.79 Å². The smallest absolute Gasteiger partial charge is 0.293 e. The molecule has 1 N–H and O–H groups in total. The van der Waals surface area contributed by atoms with Gasteiger partial charge < -0.3 is 19.5 Å². The fourth-order valence-electron chi connectivity index (χ4n) is 2.64. The molecule has 0 saturated carbocycles. The molecule has 5 heteroatoms. The van der Waals surface area contributed by atoms with Crippen LogP contribution in [0.4, 0.5) is 0 Å². The summed E-state index contributed by atoms with van der Waals surface area (Å²) in [5.41, 5.74) is 0. The Bertz CT molecular complexity index is 239. The highest BCUT2D eigenvalue weighted by atomic mass is 16.5. The van der Waals surface area contributed by atoms with Gasteiger partial charge in [0.2, 0.25) is 0 Å². The number of unbranched alkanes of at least 4 members (excludes halogenated alkanes) is 7. The SMILES string of the molecule is COCCCCCCN(CCCCO)CCCCCCOC=O. The lowest BCUT2D eigenvalue weighted by molar-refractivity contribution is -0.128. The fourth-order valence-corrected chi connectivity index (χ4v) is 2.64. The predicted molar refractivity (Wildman–Crippen MR) is 93.6 cm³/mol. The van der Waals surface area contributed by atoms with Crippen molar-refractivity contribution in [3.63, 3.8) is 0 Å². The van der Waals surface area contributed by atoms with E-state index in [1.807, 2.05) is 0 Å². The van der Waals surface area contributed by atoms with Gasteiger partial charge in [-0.15, -0.1) is 0 Å². The Morgan fingerprint density at radius 1 is 0.783 bits per heavy atom. The average Bonchev–Trinajstić information content (AvgIpc) is 2.56. The third-order valence-electron chi connectivity index (χ3n) is 4.01. The van der Waals surface area contributed by atoms with E-state index in [2.05, 4.69) is 4.90 Å². The topological polar surface area (TPSA) is 59.0 Å². The molecule has 0 aromatic rings. The summed E-state index contributed by atoms with van der Waals surface area (Å²) < 4.78 is 9.77. The van der Waals surface area contributed by atoms with E-state index in [-0.39, 0.29) is 0 Å². The van der Waals surface area contributed by atoms with Crippen molar-refractivity contribution < 1.29 is 19.4 Å². The van der Waals surface area contributed by atoms with Crippen LogP contribution in [0.3, 0.4) is 0 Å². The lowest BCUT2D eigenvalue weighted by Crippen LogP contribution is -2.27. The number of hydrogen-bond donors (Lipinski definition) is 1. The van der Waals surface area contributed by atoms with Gasteiger partial charge in [0.1, 0.15) is 0 Å². The zero-order valence-electron chi connectivity index (χ0n) is 15.0. The maximum atomic E-state index is 10.0. The number of carbonyl (C=O) groups is 1. The summed E-state index contributed by atoms with van der Waals surface area (Å²) in [4.78, 5) is 12.6. The minimum atomic E-state index is 0.293. The molecule has 138 valence electrons. The average molecular weight is 331 g/mol. The summed E-state index contributed by atoms with van der Waals surface area (Å²) in [6, 6.07) is 0. The predicted octanol–water partition coefficient (Wildman–Crippen LogP) is 3.00. The first-order valence-electron chi connectivity index (χ1n) is 9.22. The molecule has 0 heterocycles. The second-order valence-electron chi connectivity index (χ2n) is 6.06. The molecule has 0 fully saturated rings. The molecule has 0 aromatic heterocycles. The van der Waals surface area contributed by atoms with Gasteiger partial charge in [0.05, 0.1) is 6.61 Å². The number of rotatable bonds is 19. The molecule has 0 atom stereocenters. The highest BCUT2D eigenvalue weighted by Crippen LogP contribution is 2.07. The van der Waals surface area contributed by atoms with Crippen molar-refractivity contribution in [3.05, 3.63) is 0 Å². The molecule has 0 aliphatic carbocycles. The molecule has 0 aliphatic rings. The second-order valence-corrected chi connectivity index (χ2v) is 6.06. The van der Waals surface area contributed by atoms with Crippen molar-refractivity contribution in [2.45, 2.75) is 64.2 Å². The van der Waals surface area contributed by atoms with Gasteiger partial charge in [-0.25, -0.2) is 0 Å². The number of aliphatic hydroxyl groups is 1. The van der Waals surface area contributed by atoms with Crippen LogP contribution in [0.5, 0.6) is 0 Å². The number of aliphatic hydroxyl groups excluding tert-OH is 1. The highest BCUT2D eigenvalue weighted by Gasteiger charge is 2.04. The third-order valence-corrected chi connectivity index (χ3v) is 4.01. The van der Waals surface area contributed by atoms with E-state index in [1.54, 1.807) is 7.11 Å². The molecule has 0 amide bonds. The lowest BCUT2D eigenvalue weighted by atomic mass is 10.1. The maximum Gasteiger partial charge on any atom is 0.293 e. The molecule has 0 aliphatic heterocycles. The molecular formula is C18H37NO4. The van der Waals surface area contributed by atoms with Gasteiger partial charge in [-0.1, -0.05) is 25.7 Å². The van der Waals surface area contributed by atoms with E-state index in [9.17, 15) is 4.79 Å². The maximum absolute atomic E-state index is 10.0. The van der Waals surface area contributed by atoms with E-state index in [0.717, 1.165) is 58.3 Å². The van der Waals surface area contributed by atoms with Crippen LogP contribution in [0.2, 0.25) is 0 Å². The first-order chi connectivity index (χ1) is 11.3. The van der Waals surface area contributed by atoms with Gasteiger partial charge in [0, 0.05) is 20.3 Å². The van der Waals surface area contributed by atoms with Gasteiger partial charge in [0.25, 0.3) is 6.47 Å². The zero-order valence-corrected chi connectivity index (χ0v) is 15.0. The molecule has 0 radical (unpaired) electrons. The summed E-state index contributed by atoms with van der Waals surface area (Å²) in [7, 11) is 1.76. The van der Waals surface area contributed by atoms with Crippen LogP contribution in [0.25, 0.3) is 0 Å². The third kappa shape index (κ3) is 17.5. The number of nitrogens with zero attached hydrogens (tertiary/aromatic N) is 1. The Labute approximate surface area is 142 Å². The molecular weight excluding hydrogens is 294 g/mol. The minimum absolute atomic E-state index is 0.293. The van der Waals surface area contributed by atoms with Crippen molar-refractivity contribution in [3.8, 4) is 0 Å². The van der Waals surface area contributed by atoms with Gasteiger partial charge in [-0.2, -0.15) is 0 Å². The summed E-state index contributed by atoms with van der Waals surface area (Å²) >= 11 is 0. The van der Waals surface area contributed by atoms with Crippen LogP contribution in [0.15, 0.2) is 0 Å². The Morgan fingerprint density at radius 3 is 1.83 bits per heavy atom. The van der Waals surface area contributed by atoms with Crippen LogP contribution in [0.1, 0.15) is 64.2 Å². The van der Waals surface area contributed by atoms with E-state index < -0.39 is 0 Å². The van der Waals surface area contributed by atoms with Crippen molar-refractivity contribution in [2.24, 2.45) is 0 Å². The van der Waals surface area contributed by atoms with E-state index in [1.165, 1.54) is 32.1 Å². The summed E-state index contributed by atoms with van der Waals surface area (Å²) in [6.45, 7) is 5.62. The molecule has 0 aromatic carbocycles.